The molecule has 0 bridgehead atoms. The maximum Gasteiger partial charge on any atom is 0.312 e. The number of furan rings is 1. The Kier molecular flexibility index (Phi) is 4.27. The summed E-state index contributed by atoms with van der Waals surface area (Å²) in [6.45, 7) is 0. The highest BCUT2D eigenvalue weighted by molar-refractivity contribution is 7.92. The van der Waals surface area contributed by atoms with Crippen molar-refractivity contribution in [2.24, 2.45) is 0 Å². The van der Waals surface area contributed by atoms with Gasteiger partial charge in [-0.3, -0.25) is 14.8 Å². The SMILES string of the molecule is COc1cc2c(cc1NS(=O)(=O)c1ccc(O)c([N+](=O)[O-])c1)oc1ccccc12. The first kappa shape index (κ1) is 18.6. The largest absolute Gasteiger partial charge is 0.502 e. The van der Waals surface area contributed by atoms with Gasteiger partial charge >= 0.3 is 5.69 Å². The van der Waals surface area contributed by atoms with Crippen LogP contribution < -0.4 is 9.46 Å². The predicted octanol–water partition coefficient (Wildman–Crippen LogP) is 4.01. The lowest BCUT2D eigenvalue weighted by Gasteiger charge is -2.12. The Morgan fingerprint density at radius 3 is 2.55 bits per heavy atom. The number of hydrogen-bond acceptors (Lipinski definition) is 7. The molecule has 29 heavy (non-hydrogen) atoms. The third-order valence-corrected chi connectivity index (χ3v) is 5.76. The van der Waals surface area contributed by atoms with E-state index in [-0.39, 0.29) is 16.3 Å². The number of nitro groups is 1. The molecular formula is C19H14N2O7S. The second-order valence-corrected chi connectivity index (χ2v) is 7.84. The number of nitrogens with one attached hydrogen (secondary N) is 1. The first-order valence-electron chi connectivity index (χ1n) is 8.29. The highest BCUT2D eigenvalue weighted by atomic mass is 32.2. The minimum atomic E-state index is -4.20. The van der Waals surface area contributed by atoms with Crippen molar-refractivity contribution < 1.29 is 27.6 Å². The summed E-state index contributed by atoms with van der Waals surface area (Å²) in [4.78, 5) is 9.74. The smallest absolute Gasteiger partial charge is 0.312 e. The van der Waals surface area contributed by atoms with Gasteiger partial charge in [-0.1, -0.05) is 18.2 Å². The molecule has 0 aliphatic rings. The first-order valence-corrected chi connectivity index (χ1v) is 9.78. The highest BCUT2D eigenvalue weighted by Crippen LogP contribution is 2.37. The van der Waals surface area contributed by atoms with Gasteiger partial charge in [0.05, 0.1) is 22.6 Å². The van der Waals surface area contributed by atoms with Crippen molar-refractivity contribution in [3.63, 3.8) is 0 Å². The summed E-state index contributed by atoms with van der Waals surface area (Å²) in [7, 11) is -2.81. The van der Waals surface area contributed by atoms with Gasteiger partial charge in [-0.15, -0.1) is 0 Å². The van der Waals surface area contributed by atoms with Crippen LogP contribution in [-0.4, -0.2) is 25.6 Å². The fraction of sp³-hybridized carbons (Fsp3) is 0.0526. The van der Waals surface area contributed by atoms with Crippen molar-refractivity contribution in [1.82, 2.24) is 0 Å². The quantitative estimate of drug-likeness (QED) is 0.372. The molecule has 0 aliphatic carbocycles. The number of benzene rings is 3. The Bertz CT molecular complexity index is 1380. The summed E-state index contributed by atoms with van der Waals surface area (Å²) in [5.74, 6) is -0.379. The monoisotopic (exact) mass is 414 g/mol. The van der Waals surface area contributed by atoms with Crippen LogP contribution >= 0.6 is 0 Å². The molecule has 148 valence electrons. The number of fused-ring (bicyclic) bond motifs is 3. The zero-order valence-corrected chi connectivity index (χ0v) is 15.8. The van der Waals surface area contributed by atoms with Gasteiger partial charge in [0.2, 0.25) is 0 Å². The Morgan fingerprint density at radius 1 is 1.07 bits per heavy atom. The number of methoxy groups -OCH3 is 1. The number of hydrogen-bond donors (Lipinski definition) is 2. The molecule has 0 fully saturated rings. The van der Waals surface area contributed by atoms with Crippen molar-refractivity contribution in [3.05, 3.63) is 64.7 Å². The van der Waals surface area contributed by atoms with Gasteiger partial charge < -0.3 is 14.3 Å². The van der Waals surface area contributed by atoms with Crippen LogP contribution in [0.5, 0.6) is 11.5 Å². The predicted molar refractivity (Wildman–Crippen MR) is 106 cm³/mol. The van der Waals surface area contributed by atoms with Crippen LogP contribution in [0.2, 0.25) is 0 Å². The molecule has 9 nitrogen and oxygen atoms in total. The van der Waals surface area contributed by atoms with E-state index < -0.39 is 26.4 Å². The van der Waals surface area contributed by atoms with Crippen molar-refractivity contribution in [2.75, 3.05) is 11.8 Å². The number of nitro benzene ring substituents is 1. The summed E-state index contributed by atoms with van der Waals surface area (Å²) >= 11 is 0. The van der Waals surface area contributed by atoms with E-state index in [1.165, 1.54) is 13.2 Å². The fourth-order valence-corrected chi connectivity index (χ4v) is 4.10. The van der Waals surface area contributed by atoms with Gasteiger partial charge in [0.1, 0.15) is 16.9 Å². The fourth-order valence-electron chi connectivity index (χ4n) is 3.02. The number of phenols is 1. The van der Waals surface area contributed by atoms with E-state index in [9.17, 15) is 23.6 Å². The van der Waals surface area contributed by atoms with E-state index in [2.05, 4.69) is 4.72 Å². The molecule has 0 saturated heterocycles. The maximum atomic E-state index is 12.8. The Balaban J connectivity index is 1.81. The lowest BCUT2D eigenvalue weighted by atomic mass is 10.1. The zero-order valence-electron chi connectivity index (χ0n) is 14.9. The average Bonchev–Trinajstić information content (AvgIpc) is 3.04. The number of nitrogens with zero attached hydrogens (tertiary/aromatic N) is 1. The summed E-state index contributed by atoms with van der Waals surface area (Å²) in [5.41, 5.74) is 0.475. The molecule has 0 aliphatic heterocycles. The average molecular weight is 414 g/mol. The second-order valence-electron chi connectivity index (χ2n) is 6.16. The molecule has 0 spiro atoms. The number of aromatic hydroxyl groups is 1. The van der Waals surface area contributed by atoms with E-state index in [1.807, 2.05) is 18.2 Å². The molecule has 0 amide bonds. The van der Waals surface area contributed by atoms with Crippen LogP contribution in [0.4, 0.5) is 11.4 Å². The van der Waals surface area contributed by atoms with Crippen LogP contribution in [0, 0.1) is 10.1 Å². The highest BCUT2D eigenvalue weighted by Gasteiger charge is 2.23. The number of ether oxygens (including phenoxy) is 1. The van der Waals surface area contributed by atoms with E-state index in [1.54, 1.807) is 12.1 Å². The third kappa shape index (κ3) is 3.19. The Morgan fingerprint density at radius 2 is 1.83 bits per heavy atom. The molecule has 1 aromatic heterocycles. The van der Waals surface area contributed by atoms with Crippen LogP contribution in [0.25, 0.3) is 21.9 Å². The molecule has 0 radical (unpaired) electrons. The van der Waals surface area contributed by atoms with Gasteiger partial charge in [0.25, 0.3) is 10.0 Å². The lowest BCUT2D eigenvalue weighted by molar-refractivity contribution is -0.386. The van der Waals surface area contributed by atoms with Crippen LogP contribution in [0.3, 0.4) is 0 Å². The molecule has 0 saturated carbocycles. The van der Waals surface area contributed by atoms with Crippen molar-refractivity contribution >= 4 is 43.3 Å². The number of anilines is 1. The maximum absolute atomic E-state index is 12.8. The summed E-state index contributed by atoms with van der Waals surface area (Å²) in [6.07, 6.45) is 0. The number of para-hydroxylation sites is 1. The molecule has 0 atom stereocenters. The van der Waals surface area contributed by atoms with Crippen LogP contribution in [0.1, 0.15) is 0 Å². The van der Waals surface area contributed by atoms with Crippen molar-refractivity contribution in [1.29, 1.82) is 0 Å². The van der Waals surface area contributed by atoms with E-state index in [0.717, 1.165) is 29.0 Å². The molecule has 0 unspecified atom stereocenters. The molecule has 10 heteroatoms. The number of sulfonamides is 1. The molecule has 4 aromatic rings. The van der Waals surface area contributed by atoms with Gasteiger partial charge in [-0.25, -0.2) is 8.42 Å². The zero-order chi connectivity index (χ0) is 20.8. The molecule has 2 N–H and O–H groups in total. The normalized spacial score (nSPS) is 11.6. The van der Waals surface area contributed by atoms with Crippen LogP contribution in [-0.2, 0) is 10.0 Å². The minimum Gasteiger partial charge on any atom is -0.502 e. The topological polar surface area (TPSA) is 132 Å². The summed E-state index contributed by atoms with van der Waals surface area (Å²) in [6, 6.07) is 13.3. The lowest BCUT2D eigenvalue weighted by Crippen LogP contribution is -2.14. The summed E-state index contributed by atoms with van der Waals surface area (Å²) in [5, 5.41) is 22.1. The van der Waals surface area contributed by atoms with Gasteiger partial charge in [0, 0.05) is 22.9 Å². The van der Waals surface area contributed by atoms with E-state index >= 15 is 0 Å². The molecule has 4 rings (SSSR count). The van der Waals surface area contributed by atoms with E-state index in [0.29, 0.717) is 11.2 Å². The molecular weight excluding hydrogens is 400 g/mol. The minimum absolute atomic E-state index is 0.106. The van der Waals surface area contributed by atoms with Gasteiger partial charge in [-0.05, 0) is 24.3 Å². The van der Waals surface area contributed by atoms with E-state index in [4.69, 9.17) is 9.15 Å². The second kappa shape index (κ2) is 6.67. The first-order chi connectivity index (χ1) is 13.8. The summed E-state index contributed by atoms with van der Waals surface area (Å²) < 4.78 is 39.0. The molecule has 1 heterocycles. The van der Waals surface area contributed by atoms with Gasteiger partial charge in [-0.2, -0.15) is 0 Å². The molecule has 3 aromatic carbocycles. The Hall–Kier alpha value is -3.79. The van der Waals surface area contributed by atoms with Crippen molar-refractivity contribution in [3.8, 4) is 11.5 Å². The number of rotatable bonds is 5. The standard InChI is InChI=1S/C19H14N2O7S/c1-27-19-9-13-12-4-2-3-5-17(12)28-18(13)10-14(19)20-29(25,26)11-6-7-16(22)15(8-11)21(23)24/h2-10,20,22H,1H3. The number of phenolic OH excluding ortho intramolecular Hbond substituents is 1. The third-order valence-electron chi connectivity index (χ3n) is 4.40. The Labute approximate surface area is 164 Å². The van der Waals surface area contributed by atoms with Gasteiger partial charge in [0.15, 0.2) is 5.75 Å². The van der Waals surface area contributed by atoms with Crippen LogP contribution in [0.15, 0.2) is 63.9 Å². The van der Waals surface area contributed by atoms with Crippen molar-refractivity contribution in [2.45, 2.75) is 4.90 Å².